The van der Waals surface area contributed by atoms with Crippen molar-refractivity contribution in [2.24, 2.45) is 0 Å². The Morgan fingerprint density at radius 2 is 1.71 bits per heavy atom. The van der Waals surface area contributed by atoms with E-state index in [0.717, 1.165) is 17.3 Å². The summed E-state index contributed by atoms with van der Waals surface area (Å²) in [5, 5.41) is 5.02. The Morgan fingerprint density at radius 1 is 1.03 bits per heavy atom. The number of rotatable bonds is 4. The lowest BCUT2D eigenvalue weighted by molar-refractivity contribution is -0.137. The second kappa shape index (κ2) is 8.03. The zero-order valence-corrected chi connectivity index (χ0v) is 17.5. The number of benzene rings is 2. The molecule has 4 nitrogen and oxygen atoms in total. The van der Waals surface area contributed by atoms with E-state index in [0.29, 0.717) is 22.1 Å². The van der Waals surface area contributed by atoms with Gasteiger partial charge in [-0.25, -0.2) is 4.98 Å². The molecule has 0 fully saturated rings. The highest BCUT2D eigenvalue weighted by molar-refractivity contribution is 7.14. The molecule has 0 saturated carbocycles. The third-order valence-corrected chi connectivity index (χ3v) is 5.68. The van der Waals surface area contributed by atoms with Gasteiger partial charge >= 0.3 is 6.18 Å². The maximum Gasteiger partial charge on any atom is 0.418 e. The van der Waals surface area contributed by atoms with Gasteiger partial charge in [-0.15, -0.1) is 11.3 Å². The summed E-state index contributed by atoms with van der Waals surface area (Å²) in [7, 11) is 0. The Bertz CT molecular complexity index is 1240. The number of hydrogen-bond acceptors (Lipinski definition) is 3. The average Bonchev–Trinajstić information content (AvgIpc) is 3.32. The van der Waals surface area contributed by atoms with Crippen LogP contribution in [-0.4, -0.2) is 15.5 Å². The van der Waals surface area contributed by atoms with Crippen LogP contribution in [0.4, 0.5) is 18.3 Å². The largest absolute Gasteiger partial charge is 0.418 e. The SMILES string of the molecule is Cc1cc(C(=O)Nc2nc(-c3ccccc3)cs2)c(C)n1-c1ccccc1C(F)(F)F. The van der Waals surface area contributed by atoms with E-state index >= 15 is 0 Å². The van der Waals surface area contributed by atoms with Gasteiger partial charge < -0.3 is 4.57 Å². The molecule has 0 spiro atoms. The molecule has 2 aromatic heterocycles. The Morgan fingerprint density at radius 3 is 2.42 bits per heavy atom. The minimum Gasteiger partial charge on any atom is -0.317 e. The lowest BCUT2D eigenvalue weighted by atomic mass is 10.1. The number of alkyl halides is 3. The van der Waals surface area contributed by atoms with E-state index in [9.17, 15) is 18.0 Å². The number of halogens is 3. The molecule has 0 saturated heterocycles. The molecule has 8 heteroatoms. The van der Waals surface area contributed by atoms with Crippen molar-refractivity contribution in [1.82, 2.24) is 9.55 Å². The van der Waals surface area contributed by atoms with Crippen molar-refractivity contribution in [2.75, 3.05) is 5.32 Å². The number of carbonyl (C=O) groups is 1. The number of thiazole rings is 1. The lowest BCUT2D eigenvalue weighted by Crippen LogP contribution is -2.14. The van der Waals surface area contributed by atoms with Crippen LogP contribution in [0.3, 0.4) is 0 Å². The topological polar surface area (TPSA) is 46.9 Å². The third-order valence-electron chi connectivity index (χ3n) is 4.92. The molecule has 0 bridgehead atoms. The minimum absolute atomic E-state index is 0.00957. The Labute approximate surface area is 181 Å². The second-order valence-corrected chi connectivity index (χ2v) is 7.85. The average molecular weight is 441 g/mol. The van der Waals surface area contributed by atoms with Crippen LogP contribution in [-0.2, 0) is 6.18 Å². The molecule has 31 heavy (non-hydrogen) atoms. The van der Waals surface area contributed by atoms with Crippen molar-refractivity contribution < 1.29 is 18.0 Å². The molecule has 4 rings (SSSR count). The normalized spacial score (nSPS) is 11.5. The molecule has 0 aliphatic heterocycles. The molecular formula is C23H18F3N3OS. The van der Waals surface area contributed by atoms with Gasteiger partial charge in [0, 0.05) is 22.3 Å². The van der Waals surface area contributed by atoms with E-state index in [2.05, 4.69) is 10.3 Å². The second-order valence-electron chi connectivity index (χ2n) is 6.99. The number of amides is 1. The van der Waals surface area contributed by atoms with Crippen molar-refractivity contribution in [1.29, 1.82) is 0 Å². The van der Waals surface area contributed by atoms with Crippen LogP contribution >= 0.6 is 11.3 Å². The number of carbonyl (C=O) groups excluding carboxylic acids is 1. The van der Waals surface area contributed by atoms with Crippen molar-refractivity contribution in [3.8, 4) is 16.9 Å². The van der Waals surface area contributed by atoms with E-state index in [-0.39, 0.29) is 5.69 Å². The first-order chi connectivity index (χ1) is 14.8. The minimum atomic E-state index is -4.50. The Kier molecular flexibility index (Phi) is 5.41. The summed E-state index contributed by atoms with van der Waals surface area (Å²) in [5.74, 6) is -0.419. The van der Waals surface area contributed by atoms with Crippen LogP contribution in [0, 0.1) is 13.8 Å². The van der Waals surface area contributed by atoms with E-state index in [1.807, 2.05) is 35.7 Å². The number of aryl methyl sites for hydroxylation is 1. The summed E-state index contributed by atoms with van der Waals surface area (Å²) < 4.78 is 41.9. The molecule has 1 N–H and O–H groups in total. The predicted molar refractivity (Wildman–Crippen MR) is 116 cm³/mol. The highest BCUT2D eigenvalue weighted by atomic mass is 32.1. The van der Waals surface area contributed by atoms with Gasteiger partial charge in [0.15, 0.2) is 5.13 Å². The van der Waals surface area contributed by atoms with Crippen LogP contribution in [0.1, 0.15) is 27.3 Å². The first-order valence-corrected chi connectivity index (χ1v) is 10.3. The number of nitrogens with one attached hydrogen (secondary N) is 1. The van der Waals surface area contributed by atoms with E-state index in [1.54, 1.807) is 26.0 Å². The fourth-order valence-electron chi connectivity index (χ4n) is 3.51. The van der Waals surface area contributed by atoms with Crippen LogP contribution in [0.25, 0.3) is 16.9 Å². The molecule has 158 valence electrons. The zero-order valence-electron chi connectivity index (χ0n) is 16.7. The first kappa shape index (κ1) is 20.9. The lowest BCUT2D eigenvalue weighted by Gasteiger charge is -2.16. The number of hydrogen-bond donors (Lipinski definition) is 1. The fourth-order valence-corrected chi connectivity index (χ4v) is 4.22. The van der Waals surface area contributed by atoms with Crippen molar-refractivity contribution in [2.45, 2.75) is 20.0 Å². The first-order valence-electron chi connectivity index (χ1n) is 9.43. The quantitative estimate of drug-likeness (QED) is 0.394. The standard InChI is InChI=1S/C23H18F3N3OS/c1-14-12-17(15(2)29(14)20-11-7-6-10-18(20)23(24,25)26)21(30)28-22-27-19(13-31-22)16-8-4-3-5-9-16/h3-13H,1-2H3,(H,27,28,30). The van der Waals surface area contributed by atoms with Crippen LogP contribution in [0.5, 0.6) is 0 Å². The van der Waals surface area contributed by atoms with Crippen LogP contribution in [0.15, 0.2) is 66.0 Å². The number of aromatic nitrogens is 2. The van der Waals surface area contributed by atoms with Gasteiger partial charge in [-0.1, -0.05) is 42.5 Å². The predicted octanol–water partition coefficient (Wildman–Crippen LogP) is 6.49. The summed E-state index contributed by atoms with van der Waals surface area (Å²) in [4.78, 5) is 17.3. The molecule has 0 atom stereocenters. The molecule has 0 radical (unpaired) electrons. The van der Waals surface area contributed by atoms with Gasteiger partial charge in [-0.2, -0.15) is 13.2 Å². The highest BCUT2D eigenvalue weighted by Crippen LogP contribution is 2.35. The van der Waals surface area contributed by atoms with Gasteiger partial charge in [0.1, 0.15) is 0 Å². The molecular weight excluding hydrogens is 423 g/mol. The summed E-state index contributed by atoms with van der Waals surface area (Å²) in [6.07, 6.45) is -4.50. The van der Waals surface area contributed by atoms with Crippen LogP contribution in [0.2, 0.25) is 0 Å². The van der Waals surface area contributed by atoms with Gasteiger partial charge in [0.25, 0.3) is 5.91 Å². The van der Waals surface area contributed by atoms with Crippen molar-refractivity contribution in [3.05, 3.63) is 88.6 Å². The summed E-state index contributed by atoms with van der Waals surface area (Å²) in [6.45, 7) is 3.31. The van der Waals surface area contributed by atoms with E-state index in [1.165, 1.54) is 28.0 Å². The molecule has 0 aliphatic rings. The smallest absolute Gasteiger partial charge is 0.317 e. The molecule has 4 aromatic rings. The third kappa shape index (κ3) is 4.11. The molecule has 0 unspecified atom stereocenters. The summed E-state index contributed by atoms with van der Waals surface area (Å²) >= 11 is 1.29. The summed E-state index contributed by atoms with van der Waals surface area (Å²) in [5.41, 5.74) is 2.16. The maximum atomic E-state index is 13.5. The Balaban J connectivity index is 1.64. The van der Waals surface area contributed by atoms with Gasteiger partial charge in [-0.05, 0) is 32.0 Å². The molecule has 1 amide bonds. The van der Waals surface area contributed by atoms with Crippen LogP contribution < -0.4 is 5.32 Å². The molecule has 0 aliphatic carbocycles. The zero-order chi connectivity index (χ0) is 22.2. The van der Waals surface area contributed by atoms with Gasteiger partial charge in [-0.3, -0.25) is 10.1 Å². The fraction of sp³-hybridized carbons (Fsp3) is 0.130. The number of para-hydroxylation sites is 1. The Hall–Kier alpha value is -3.39. The van der Waals surface area contributed by atoms with E-state index < -0.39 is 17.6 Å². The summed E-state index contributed by atoms with van der Waals surface area (Å²) in [6, 6.07) is 16.5. The maximum absolute atomic E-state index is 13.5. The highest BCUT2D eigenvalue weighted by Gasteiger charge is 2.34. The monoisotopic (exact) mass is 441 g/mol. The number of anilines is 1. The van der Waals surface area contributed by atoms with Crippen molar-refractivity contribution >= 4 is 22.4 Å². The van der Waals surface area contributed by atoms with Gasteiger partial charge in [0.05, 0.1) is 22.5 Å². The molecule has 2 heterocycles. The number of nitrogens with zero attached hydrogens (tertiary/aromatic N) is 2. The van der Waals surface area contributed by atoms with Crippen molar-refractivity contribution in [3.63, 3.8) is 0 Å². The van der Waals surface area contributed by atoms with E-state index in [4.69, 9.17) is 0 Å². The van der Waals surface area contributed by atoms with Gasteiger partial charge in [0.2, 0.25) is 0 Å². The molecule has 2 aromatic carbocycles.